The number of aliphatic hydroxyl groups excluding tert-OH is 4. The predicted molar refractivity (Wildman–Crippen MR) is 73.6 cm³/mol. The molecule has 1 saturated heterocycles. The molecule has 1 aromatic rings. The molecule has 5 atom stereocenters. The van der Waals surface area contributed by atoms with Crippen LogP contribution >= 0.6 is 22.6 Å². The summed E-state index contributed by atoms with van der Waals surface area (Å²) < 4.78 is 11.7. The Bertz CT molecular complexity index is 409. The molecule has 0 aliphatic carbocycles. The van der Waals surface area contributed by atoms with E-state index < -0.39 is 37.3 Å². The van der Waals surface area contributed by atoms with E-state index in [1.54, 1.807) is 12.1 Å². The Morgan fingerprint density at radius 3 is 2.26 bits per heavy atom. The zero-order valence-corrected chi connectivity index (χ0v) is 12.0. The van der Waals surface area contributed by atoms with Crippen LogP contribution in [0.5, 0.6) is 5.75 Å². The summed E-state index contributed by atoms with van der Waals surface area (Å²) in [6.07, 6.45) is -6.31. The van der Waals surface area contributed by atoms with Gasteiger partial charge in [-0.1, -0.05) is 0 Å². The lowest BCUT2D eigenvalue weighted by molar-refractivity contribution is -0.277. The van der Waals surface area contributed by atoms with Crippen molar-refractivity contribution in [3.05, 3.63) is 27.8 Å². The zero-order valence-electron chi connectivity index (χ0n) is 9.89. The highest BCUT2D eigenvalue weighted by atomic mass is 127. The van der Waals surface area contributed by atoms with Crippen molar-refractivity contribution in [2.75, 3.05) is 6.61 Å². The van der Waals surface area contributed by atoms with Crippen LogP contribution in [0.15, 0.2) is 24.3 Å². The van der Waals surface area contributed by atoms with Gasteiger partial charge < -0.3 is 29.9 Å². The number of halogens is 1. The number of hydrogen-bond donors (Lipinski definition) is 4. The zero-order chi connectivity index (χ0) is 14.0. The lowest BCUT2D eigenvalue weighted by atomic mass is 9.99. The minimum atomic E-state index is -1.43. The van der Waals surface area contributed by atoms with Gasteiger partial charge in [-0.15, -0.1) is 0 Å². The SMILES string of the molecule is OC[C@H]1O[C@H](Oc2ccc(I)cc2)[C@H](O)[C@@H](O)[C@H]1O. The molecule has 4 N–H and O–H groups in total. The second-order valence-electron chi connectivity index (χ2n) is 4.27. The molecule has 6 nitrogen and oxygen atoms in total. The fourth-order valence-electron chi connectivity index (χ4n) is 1.81. The first-order chi connectivity index (χ1) is 9.02. The first kappa shape index (κ1) is 14.9. The van der Waals surface area contributed by atoms with E-state index in [0.29, 0.717) is 5.75 Å². The van der Waals surface area contributed by atoms with Crippen LogP contribution < -0.4 is 4.74 Å². The number of ether oxygens (including phenoxy) is 2. The van der Waals surface area contributed by atoms with E-state index in [-0.39, 0.29) is 0 Å². The Morgan fingerprint density at radius 2 is 1.68 bits per heavy atom. The molecule has 0 spiro atoms. The van der Waals surface area contributed by atoms with Crippen molar-refractivity contribution in [2.45, 2.75) is 30.7 Å². The molecule has 1 fully saturated rings. The van der Waals surface area contributed by atoms with E-state index in [1.165, 1.54) is 0 Å². The number of rotatable bonds is 3. The minimum absolute atomic E-state index is 0.463. The van der Waals surface area contributed by atoms with Gasteiger partial charge >= 0.3 is 0 Å². The van der Waals surface area contributed by atoms with Gasteiger partial charge in [-0.2, -0.15) is 0 Å². The summed E-state index contributed by atoms with van der Waals surface area (Å²) >= 11 is 2.14. The first-order valence-electron chi connectivity index (χ1n) is 5.75. The van der Waals surface area contributed by atoms with Crippen LogP contribution in [-0.4, -0.2) is 57.7 Å². The summed E-state index contributed by atoms with van der Waals surface area (Å²) in [7, 11) is 0. The molecule has 106 valence electrons. The average Bonchev–Trinajstić information content (AvgIpc) is 2.42. The average molecular weight is 382 g/mol. The highest BCUT2D eigenvalue weighted by Gasteiger charge is 2.44. The number of aliphatic hydroxyl groups is 4. The topological polar surface area (TPSA) is 99.4 Å². The van der Waals surface area contributed by atoms with Crippen LogP contribution in [0.4, 0.5) is 0 Å². The standard InChI is InChI=1S/C12H15IO6/c13-6-1-3-7(4-2-6)18-12-11(17)10(16)9(15)8(5-14)19-12/h1-4,8-12,14-17H,5H2/t8-,9+,10+,11-,12+/m1/s1. The van der Waals surface area contributed by atoms with Crippen LogP contribution in [0.3, 0.4) is 0 Å². The second kappa shape index (κ2) is 6.33. The van der Waals surface area contributed by atoms with Crippen LogP contribution in [0, 0.1) is 3.57 Å². The first-order valence-corrected chi connectivity index (χ1v) is 6.83. The maximum Gasteiger partial charge on any atom is 0.229 e. The molecule has 0 bridgehead atoms. The van der Waals surface area contributed by atoms with Gasteiger partial charge in [0.05, 0.1) is 6.61 Å². The Morgan fingerprint density at radius 1 is 1.05 bits per heavy atom. The third-order valence-corrected chi connectivity index (χ3v) is 3.63. The van der Waals surface area contributed by atoms with Crippen LogP contribution in [0.25, 0.3) is 0 Å². The maximum atomic E-state index is 9.79. The molecule has 7 heteroatoms. The van der Waals surface area contributed by atoms with E-state index in [2.05, 4.69) is 22.6 Å². The van der Waals surface area contributed by atoms with Crippen LogP contribution in [0.1, 0.15) is 0 Å². The number of benzene rings is 1. The molecule has 2 rings (SSSR count). The molecule has 0 aromatic heterocycles. The molecule has 0 unspecified atom stereocenters. The lowest BCUT2D eigenvalue weighted by Gasteiger charge is -2.39. The second-order valence-corrected chi connectivity index (χ2v) is 5.51. The molecule has 19 heavy (non-hydrogen) atoms. The fraction of sp³-hybridized carbons (Fsp3) is 0.500. The predicted octanol–water partition coefficient (Wildman–Crippen LogP) is -0.530. The van der Waals surface area contributed by atoms with E-state index >= 15 is 0 Å². The molecule has 0 amide bonds. The van der Waals surface area contributed by atoms with Gasteiger partial charge in [0, 0.05) is 3.57 Å². The molecular weight excluding hydrogens is 367 g/mol. The van der Waals surface area contributed by atoms with Gasteiger partial charge in [-0.3, -0.25) is 0 Å². The Kier molecular flexibility index (Phi) is 4.98. The molecule has 1 aliphatic rings. The Balaban J connectivity index is 2.08. The largest absolute Gasteiger partial charge is 0.462 e. The normalized spacial score (nSPS) is 35.1. The summed E-state index contributed by atoms with van der Waals surface area (Å²) in [5.74, 6) is 0.463. The van der Waals surface area contributed by atoms with Crippen molar-refractivity contribution in [3.63, 3.8) is 0 Å². The number of hydrogen-bond acceptors (Lipinski definition) is 6. The van der Waals surface area contributed by atoms with Gasteiger partial charge in [0.2, 0.25) is 6.29 Å². The minimum Gasteiger partial charge on any atom is -0.462 e. The van der Waals surface area contributed by atoms with Crippen molar-refractivity contribution in [1.82, 2.24) is 0 Å². The van der Waals surface area contributed by atoms with Gasteiger partial charge in [0.25, 0.3) is 0 Å². The van der Waals surface area contributed by atoms with Crippen molar-refractivity contribution in [2.24, 2.45) is 0 Å². The smallest absolute Gasteiger partial charge is 0.229 e. The summed E-state index contributed by atoms with van der Waals surface area (Å²) in [5, 5.41) is 38.1. The Hall–Kier alpha value is -0.450. The van der Waals surface area contributed by atoms with Crippen LogP contribution in [-0.2, 0) is 4.74 Å². The van der Waals surface area contributed by atoms with Crippen molar-refractivity contribution in [1.29, 1.82) is 0 Å². The molecule has 0 saturated carbocycles. The summed E-state index contributed by atoms with van der Waals surface area (Å²) in [6.45, 7) is -0.475. The maximum absolute atomic E-state index is 9.79. The molecule has 1 aliphatic heterocycles. The van der Waals surface area contributed by atoms with Gasteiger partial charge in [-0.05, 0) is 46.9 Å². The highest BCUT2D eigenvalue weighted by molar-refractivity contribution is 14.1. The molecule has 1 aromatic carbocycles. The van der Waals surface area contributed by atoms with E-state index in [9.17, 15) is 15.3 Å². The monoisotopic (exact) mass is 382 g/mol. The molecular formula is C12H15IO6. The highest BCUT2D eigenvalue weighted by Crippen LogP contribution is 2.24. The van der Waals surface area contributed by atoms with Crippen molar-refractivity contribution < 1.29 is 29.9 Å². The quantitative estimate of drug-likeness (QED) is 0.525. The summed E-state index contributed by atoms with van der Waals surface area (Å²) in [6, 6.07) is 7.03. The van der Waals surface area contributed by atoms with E-state index in [0.717, 1.165) is 3.57 Å². The third kappa shape index (κ3) is 3.36. The summed E-state index contributed by atoms with van der Waals surface area (Å²) in [5.41, 5.74) is 0. The summed E-state index contributed by atoms with van der Waals surface area (Å²) in [4.78, 5) is 0. The van der Waals surface area contributed by atoms with Gasteiger partial charge in [-0.25, -0.2) is 0 Å². The van der Waals surface area contributed by atoms with E-state index in [1.807, 2.05) is 12.1 Å². The van der Waals surface area contributed by atoms with Crippen molar-refractivity contribution in [3.8, 4) is 5.75 Å². The lowest BCUT2D eigenvalue weighted by Crippen LogP contribution is -2.60. The molecule has 1 heterocycles. The third-order valence-electron chi connectivity index (χ3n) is 2.91. The van der Waals surface area contributed by atoms with Gasteiger partial charge in [0.15, 0.2) is 0 Å². The van der Waals surface area contributed by atoms with Gasteiger partial charge in [0.1, 0.15) is 30.2 Å². The fourth-order valence-corrected chi connectivity index (χ4v) is 2.17. The molecule has 0 radical (unpaired) electrons. The van der Waals surface area contributed by atoms with E-state index in [4.69, 9.17) is 14.6 Å². The van der Waals surface area contributed by atoms with Crippen LogP contribution in [0.2, 0.25) is 0 Å². The van der Waals surface area contributed by atoms with Crippen molar-refractivity contribution >= 4 is 22.6 Å². The Labute approximate surface area is 123 Å².